The van der Waals surface area contributed by atoms with Gasteiger partial charge in [-0.25, -0.2) is 4.98 Å². The number of aromatic nitrogens is 5. The van der Waals surface area contributed by atoms with E-state index in [1.807, 2.05) is 31.2 Å². The molecule has 1 amide bonds. The molecule has 0 spiro atoms. The van der Waals surface area contributed by atoms with Gasteiger partial charge in [0.1, 0.15) is 18.1 Å². The van der Waals surface area contributed by atoms with Gasteiger partial charge in [0.25, 0.3) is 5.56 Å². The molecular formula is C20H20N6O3. The second-order valence-corrected chi connectivity index (χ2v) is 6.71. The highest BCUT2D eigenvalue weighted by atomic mass is 16.5. The fraction of sp³-hybridized carbons (Fsp3) is 0.250. The Labute approximate surface area is 166 Å². The normalized spacial score (nSPS) is 12.2. The molecule has 3 aromatic heterocycles. The van der Waals surface area contributed by atoms with Crippen LogP contribution in [0.2, 0.25) is 0 Å². The molecule has 4 rings (SSSR count). The summed E-state index contributed by atoms with van der Waals surface area (Å²) in [5, 5.41) is 10.9. The molecule has 29 heavy (non-hydrogen) atoms. The third-order valence-corrected chi connectivity index (χ3v) is 4.82. The number of hydrogen-bond acceptors (Lipinski definition) is 6. The second kappa shape index (κ2) is 7.34. The zero-order chi connectivity index (χ0) is 20.5. The van der Waals surface area contributed by atoms with E-state index in [0.29, 0.717) is 17.0 Å². The Hall–Kier alpha value is -3.75. The van der Waals surface area contributed by atoms with Crippen LogP contribution in [0.3, 0.4) is 0 Å². The highest BCUT2D eigenvalue weighted by Crippen LogP contribution is 2.17. The summed E-state index contributed by atoms with van der Waals surface area (Å²) in [6.45, 7) is 3.48. The number of rotatable bonds is 5. The van der Waals surface area contributed by atoms with E-state index in [0.717, 1.165) is 11.3 Å². The summed E-state index contributed by atoms with van der Waals surface area (Å²) in [4.78, 5) is 30.0. The van der Waals surface area contributed by atoms with Crippen molar-refractivity contribution in [2.24, 2.45) is 0 Å². The van der Waals surface area contributed by atoms with Crippen LogP contribution in [0, 0.1) is 6.92 Å². The summed E-state index contributed by atoms with van der Waals surface area (Å²) >= 11 is 0. The fourth-order valence-electron chi connectivity index (χ4n) is 3.32. The minimum absolute atomic E-state index is 0.143. The van der Waals surface area contributed by atoms with Crippen LogP contribution in [-0.2, 0) is 11.3 Å². The van der Waals surface area contributed by atoms with Crippen LogP contribution in [0.1, 0.15) is 24.4 Å². The predicted octanol–water partition coefficient (Wildman–Crippen LogP) is 1.63. The maximum absolute atomic E-state index is 12.9. The van der Waals surface area contributed by atoms with Gasteiger partial charge in [-0.1, -0.05) is 12.1 Å². The summed E-state index contributed by atoms with van der Waals surface area (Å²) < 4.78 is 8.14. The number of methoxy groups -OCH3 is 1. The van der Waals surface area contributed by atoms with Crippen molar-refractivity contribution in [3.8, 4) is 5.75 Å². The van der Waals surface area contributed by atoms with Gasteiger partial charge < -0.3 is 10.1 Å². The highest BCUT2D eigenvalue weighted by Gasteiger charge is 2.18. The highest BCUT2D eigenvalue weighted by molar-refractivity contribution is 5.80. The fourth-order valence-corrected chi connectivity index (χ4v) is 3.32. The maximum Gasteiger partial charge on any atom is 0.297 e. The zero-order valence-corrected chi connectivity index (χ0v) is 16.3. The summed E-state index contributed by atoms with van der Waals surface area (Å²) in [6, 6.07) is 10.7. The summed E-state index contributed by atoms with van der Waals surface area (Å²) in [6.07, 6.45) is 1.63. The van der Waals surface area contributed by atoms with Gasteiger partial charge in [0.2, 0.25) is 11.6 Å². The quantitative estimate of drug-likeness (QED) is 0.554. The SMILES string of the molecule is COc1ccc([C@@H](C)NC(=O)Cn2c(=O)c3nnc(C)n3c3ncccc32)cc1. The molecule has 0 aliphatic rings. The van der Waals surface area contributed by atoms with Gasteiger partial charge in [0.05, 0.1) is 18.7 Å². The van der Waals surface area contributed by atoms with Crippen molar-refractivity contribution < 1.29 is 9.53 Å². The third kappa shape index (κ3) is 3.31. The van der Waals surface area contributed by atoms with Crippen molar-refractivity contribution in [3.63, 3.8) is 0 Å². The first-order valence-electron chi connectivity index (χ1n) is 9.12. The van der Waals surface area contributed by atoms with E-state index in [9.17, 15) is 9.59 Å². The zero-order valence-electron chi connectivity index (χ0n) is 16.3. The first-order chi connectivity index (χ1) is 14.0. The van der Waals surface area contributed by atoms with Gasteiger partial charge in [-0.3, -0.25) is 18.6 Å². The lowest BCUT2D eigenvalue weighted by atomic mass is 10.1. The Bertz CT molecular complexity index is 1260. The number of nitrogens with zero attached hydrogens (tertiary/aromatic N) is 5. The molecule has 0 radical (unpaired) electrons. The predicted molar refractivity (Wildman–Crippen MR) is 107 cm³/mol. The molecule has 0 aliphatic heterocycles. The molecule has 0 saturated carbocycles. The average Bonchev–Trinajstić information content (AvgIpc) is 3.13. The Kier molecular flexibility index (Phi) is 4.71. The van der Waals surface area contributed by atoms with E-state index in [1.54, 1.807) is 36.8 Å². The van der Waals surface area contributed by atoms with Gasteiger partial charge in [-0.2, -0.15) is 0 Å². The molecular weight excluding hydrogens is 372 g/mol. The Balaban J connectivity index is 1.65. The second-order valence-electron chi connectivity index (χ2n) is 6.71. The van der Waals surface area contributed by atoms with Gasteiger partial charge in [-0.05, 0) is 43.7 Å². The monoisotopic (exact) mass is 392 g/mol. The van der Waals surface area contributed by atoms with Crippen LogP contribution >= 0.6 is 0 Å². The molecule has 1 N–H and O–H groups in total. The average molecular weight is 392 g/mol. The van der Waals surface area contributed by atoms with Crippen LogP contribution in [-0.4, -0.2) is 37.2 Å². The third-order valence-electron chi connectivity index (χ3n) is 4.82. The minimum Gasteiger partial charge on any atom is -0.497 e. The number of amides is 1. The molecule has 0 bridgehead atoms. The standard InChI is InChI=1S/C20H20N6O3/c1-12(14-6-8-15(29-3)9-7-14)22-17(27)11-25-16-5-4-10-21-18(16)26-13(2)23-24-19(26)20(25)28/h4-10,12H,11H2,1-3H3,(H,22,27)/t12-/m1/s1. The van der Waals surface area contributed by atoms with E-state index in [-0.39, 0.29) is 24.1 Å². The Morgan fingerprint density at radius 1 is 1.17 bits per heavy atom. The van der Waals surface area contributed by atoms with Gasteiger partial charge in [0, 0.05) is 6.20 Å². The number of carbonyl (C=O) groups is 1. The van der Waals surface area contributed by atoms with Crippen LogP contribution in [0.4, 0.5) is 0 Å². The molecule has 4 aromatic rings. The minimum atomic E-state index is -0.390. The Morgan fingerprint density at radius 2 is 1.93 bits per heavy atom. The smallest absolute Gasteiger partial charge is 0.297 e. The van der Waals surface area contributed by atoms with Crippen molar-refractivity contribution in [2.45, 2.75) is 26.4 Å². The molecule has 3 heterocycles. The molecule has 148 valence electrons. The molecule has 9 heteroatoms. The molecule has 1 aromatic carbocycles. The van der Waals surface area contributed by atoms with Crippen LogP contribution in [0.15, 0.2) is 47.4 Å². The maximum atomic E-state index is 12.9. The van der Waals surface area contributed by atoms with E-state index in [4.69, 9.17) is 4.74 Å². The molecule has 1 atom stereocenters. The lowest BCUT2D eigenvalue weighted by Gasteiger charge is -2.16. The van der Waals surface area contributed by atoms with E-state index in [1.165, 1.54) is 4.57 Å². The molecule has 0 unspecified atom stereocenters. The number of carbonyl (C=O) groups excluding carboxylic acids is 1. The van der Waals surface area contributed by atoms with Crippen molar-refractivity contribution in [1.82, 2.24) is 29.5 Å². The van der Waals surface area contributed by atoms with Crippen molar-refractivity contribution in [1.29, 1.82) is 0 Å². The Morgan fingerprint density at radius 3 is 2.66 bits per heavy atom. The summed E-state index contributed by atoms with van der Waals surface area (Å²) in [5.41, 5.74) is 1.75. The van der Waals surface area contributed by atoms with Gasteiger partial charge >= 0.3 is 0 Å². The molecule has 9 nitrogen and oxygen atoms in total. The van der Waals surface area contributed by atoms with Gasteiger partial charge in [-0.15, -0.1) is 10.2 Å². The summed E-state index contributed by atoms with van der Waals surface area (Å²) in [7, 11) is 1.60. The van der Waals surface area contributed by atoms with Crippen molar-refractivity contribution in [3.05, 3.63) is 64.3 Å². The number of fused-ring (bicyclic) bond motifs is 3. The summed E-state index contributed by atoms with van der Waals surface area (Å²) in [5.74, 6) is 1.02. The molecule has 0 saturated heterocycles. The van der Waals surface area contributed by atoms with E-state index < -0.39 is 5.56 Å². The van der Waals surface area contributed by atoms with Crippen molar-refractivity contribution in [2.75, 3.05) is 7.11 Å². The van der Waals surface area contributed by atoms with Crippen LogP contribution < -0.4 is 15.6 Å². The van der Waals surface area contributed by atoms with Gasteiger partial charge in [0.15, 0.2) is 5.65 Å². The lowest BCUT2D eigenvalue weighted by Crippen LogP contribution is -2.34. The van der Waals surface area contributed by atoms with E-state index in [2.05, 4.69) is 20.5 Å². The number of hydrogen-bond donors (Lipinski definition) is 1. The van der Waals surface area contributed by atoms with Crippen molar-refractivity contribution >= 4 is 22.7 Å². The first kappa shape index (κ1) is 18.6. The van der Waals surface area contributed by atoms with E-state index >= 15 is 0 Å². The number of pyridine rings is 1. The lowest BCUT2D eigenvalue weighted by molar-refractivity contribution is -0.122. The molecule has 0 fully saturated rings. The first-order valence-corrected chi connectivity index (χ1v) is 9.12. The number of aryl methyl sites for hydroxylation is 1. The number of ether oxygens (including phenoxy) is 1. The van der Waals surface area contributed by atoms with Crippen LogP contribution in [0.5, 0.6) is 5.75 Å². The van der Waals surface area contributed by atoms with Crippen LogP contribution in [0.25, 0.3) is 16.8 Å². The molecule has 0 aliphatic carbocycles. The largest absolute Gasteiger partial charge is 0.497 e. The number of benzene rings is 1. The topological polar surface area (TPSA) is 103 Å². The number of nitrogens with one attached hydrogen (secondary N) is 1.